The van der Waals surface area contributed by atoms with Gasteiger partial charge in [-0.1, -0.05) is 11.6 Å². The zero-order chi connectivity index (χ0) is 18.6. The second-order valence-electron chi connectivity index (χ2n) is 7.04. The number of hydrogen-bond acceptors (Lipinski definition) is 6. The van der Waals surface area contributed by atoms with Gasteiger partial charge in [0, 0.05) is 25.7 Å². The van der Waals surface area contributed by atoms with E-state index in [2.05, 4.69) is 21.4 Å². The number of sulfone groups is 1. The van der Waals surface area contributed by atoms with Crippen molar-refractivity contribution in [3.63, 3.8) is 0 Å². The van der Waals surface area contributed by atoms with Crippen LogP contribution in [-0.2, 0) is 9.84 Å². The van der Waals surface area contributed by atoms with Gasteiger partial charge in [0.1, 0.15) is 17.8 Å². The number of nitrogens with zero attached hydrogens (tertiary/aromatic N) is 3. The molecule has 1 amide bonds. The summed E-state index contributed by atoms with van der Waals surface area (Å²) < 4.78 is 23.3. The number of aromatic nitrogens is 2. The molecule has 8 heteroatoms. The quantitative estimate of drug-likeness (QED) is 0.758. The minimum atomic E-state index is -2.97. The van der Waals surface area contributed by atoms with Crippen molar-refractivity contribution in [2.45, 2.75) is 44.6 Å². The third kappa shape index (κ3) is 4.81. The van der Waals surface area contributed by atoms with Crippen molar-refractivity contribution in [3.05, 3.63) is 29.7 Å². The monoisotopic (exact) mass is 378 g/mol. The molecule has 0 aromatic carbocycles. The fraction of sp³-hybridized carbons (Fsp3) is 0.611. The minimum Gasteiger partial charge on any atom is -0.356 e. The molecule has 1 atom stereocenters. The van der Waals surface area contributed by atoms with Crippen LogP contribution < -0.4 is 10.2 Å². The van der Waals surface area contributed by atoms with Crippen LogP contribution >= 0.6 is 0 Å². The third-order valence-corrected chi connectivity index (χ3v) is 6.87. The number of nitrogens with one attached hydrogen (secondary N) is 1. The van der Waals surface area contributed by atoms with Gasteiger partial charge in [-0.25, -0.2) is 18.4 Å². The van der Waals surface area contributed by atoms with E-state index in [4.69, 9.17) is 0 Å². The van der Waals surface area contributed by atoms with Crippen LogP contribution in [-0.4, -0.2) is 55.4 Å². The number of hydrogen-bond donors (Lipinski definition) is 1. The molecule has 26 heavy (non-hydrogen) atoms. The van der Waals surface area contributed by atoms with Crippen LogP contribution in [0.15, 0.2) is 24.0 Å². The summed E-state index contributed by atoms with van der Waals surface area (Å²) in [6, 6.07) is 1.52. The number of carbonyl (C=O) groups is 1. The van der Waals surface area contributed by atoms with Crippen molar-refractivity contribution in [3.8, 4) is 0 Å². The van der Waals surface area contributed by atoms with E-state index >= 15 is 0 Å². The zero-order valence-electron chi connectivity index (χ0n) is 15.1. The van der Waals surface area contributed by atoms with Crippen LogP contribution in [0.4, 0.5) is 5.82 Å². The molecule has 2 aliphatic rings. The van der Waals surface area contributed by atoms with Gasteiger partial charge in [0.25, 0.3) is 5.91 Å². The zero-order valence-corrected chi connectivity index (χ0v) is 16.0. The summed E-state index contributed by atoms with van der Waals surface area (Å²) in [4.78, 5) is 22.4. The molecule has 0 radical (unpaired) electrons. The molecule has 0 saturated carbocycles. The van der Waals surface area contributed by atoms with Gasteiger partial charge in [0.2, 0.25) is 0 Å². The Balaban J connectivity index is 1.57. The highest BCUT2D eigenvalue weighted by Crippen LogP contribution is 2.22. The lowest BCUT2D eigenvalue weighted by Crippen LogP contribution is -2.33. The minimum absolute atomic E-state index is 0.107. The highest BCUT2D eigenvalue weighted by molar-refractivity contribution is 7.91. The van der Waals surface area contributed by atoms with Crippen LogP contribution in [0.25, 0.3) is 0 Å². The second kappa shape index (κ2) is 8.16. The maximum atomic E-state index is 12.4. The van der Waals surface area contributed by atoms with Crippen molar-refractivity contribution in [1.82, 2.24) is 15.3 Å². The average molecular weight is 378 g/mol. The Labute approximate surface area is 154 Å². The fourth-order valence-corrected chi connectivity index (χ4v) is 5.27. The summed E-state index contributed by atoms with van der Waals surface area (Å²) >= 11 is 0. The van der Waals surface area contributed by atoms with Crippen molar-refractivity contribution in [2.24, 2.45) is 0 Å². The summed E-state index contributed by atoms with van der Waals surface area (Å²) in [6.07, 6.45) is 9.86. The number of anilines is 1. The maximum Gasteiger partial charge on any atom is 0.270 e. The molecule has 1 fully saturated rings. The van der Waals surface area contributed by atoms with Crippen LogP contribution in [0.3, 0.4) is 0 Å². The first-order chi connectivity index (χ1) is 12.4. The van der Waals surface area contributed by atoms with Gasteiger partial charge < -0.3 is 10.2 Å². The Hall–Kier alpha value is -1.96. The van der Waals surface area contributed by atoms with Gasteiger partial charge in [0.15, 0.2) is 9.84 Å². The Morgan fingerprint density at radius 3 is 2.88 bits per heavy atom. The SMILES string of the molecule is CN(c1cc(C(=O)NCCC2=CCCCC2)ncn1)C1CCS(=O)(=O)C1. The van der Waals surface area contributed by atoms with Crippen LogP contribution in [0.2, 0.25) is 0 Å². The van der Waals surface area contributed by atoms with Crippen LogP contribution in [0, 0.1) is 0 Å². The molecule has 1 aliphatic carbocycles. The summed E-state index contributed by atoms with van der Waals surface area (Å²) in [5.41, 5.74) is 1.72. The van der Waals surface area contributed by atoms with Crippen LogP contribution in [0.5, 0.6) is 0 Å². The van der Waals surface area contributed by atoms with E-state index in [1.165, 1.54) is 24.7 Å². The van der Waals surface area contributed by atoms with E-state index in [1.807, 2.05) is 11.9 Å². The summed E-state index contributed by atoms with van der Waals surface area (Å²) in [5, 5.41) is 2.91. The maximum absolute atomic E-state index is 12.4. The molecular weight excluding hydrogens is 352 g/mol. The number of allylic oxidation sites excluding steroid dienone is 1. The standard InChI is InChI=1S/C18H26N4O3S/c1-22(15-8-10-26(24,25)12-15)17-11-16(20-13-21-17)18(23)19-9-7-14-5-3-2-4-6-14/h5,11,13,15H,2-4,6-10,12H2,1H3,(H,19,23). The van der Waals surface area contributed by atoms with Crippen molar-refractivity contribution < 1.29 is 13.2 Å². The van der Waals surface area contributed by atoms with Gasteiger partial charge in [-0.2, -0.15) is 0 Å². The molecule has 1 unspecified atom stereocenters. The molecule has 0 bridgehead atoms. The van der Waals surface area contributed by atoms with Crippen molar-refractivity contribution in [1.29, 1.82) is 0 Å². The second-order valence-corrected chi connectivity index (χ2v) is 9.27. The first kappa shape index (κ1) is 18.8. The molecule has 3 rings (SSSR count). The number of rotatable bonds is 6. The van der Waals surface area contributed by atoms with Gasteiger partial charge in [-0.15, -0.1) is 0 Å². The summed E-state index contributed by atoms with van der Waals surface area (Å²) in [5.74, 6) is 0.681. The normalized spacial score (nSPS) is 21.9. The largest absolute Gasteiger partial charge is 0.356 e. The molecule has 142 valence electrons. The Bertz CT molecular complexity index is 791. The number of amides is 1. The van der Waals surface area contributed by atoms with Crippen molar-refractivity contribution >= 4 is 21.6 Å². The molecular formula is C18H26N4O3S. The highest BCUT2D eigenvalue weighted by Gasteiger charge is 2.31. The average Bonchev–Trinajstić information content (AvgIpc) is 3.02. The van der Waals surface area contributed by atoms with Crippen molar-refractivity contribution in [2.75, 3.05) is 30.0 Å². The Kier molecular flexibility index (Phi) is 5.90. The lowest BCUT2D eigenvalue weighted by molar-refractivity contribution is 0.0949. The molecule has 1 aromatic rings. The Morgan fingerprint density at radius 1 is 1.35 bits per heavy atom. The highest BCUT2D eigenvalue weighted by atomic mass is 32.2. The third-order valence-electron chi connectivity index (χ3n) is 5.12. The first-order valence-electron chi connectivity index (χ1n) is 9.16. The van der Waals surface area contributed by atoms with E-state index in [9.17, 15) is 13.2 Å². The molecule has 1 N–H and O–H groups in total. The first-order valence-corrected chi connectivity index (χ1v) is 11.0. The number of carbonyl (C=O) groups excluding carboxylic acids is 1. The van der Waals surface area contributed by atoms with E-state index in [1.54, 1.807) is 6.07 Å². The Morgan fingerprint density at radius 2 is 2.19 bits per heavy atom. The fourth-order valence-electron chi connectivity index (χ4n) is 3.49. The van der Waals surface area contributed by atoms with Gasteiger partial charge in [-0.05, 0) is 38.5 Å². The van der Waals surface area contributed by atoms with Gasteiger partial charge >= 0.3 is 0 Å². The predicted octanol–water partition coefficient (Wildman–Crippen LogP) is 1.72. The van der Waals surface area contributed by atoms with Gasteiger partial charge in [-0.3, -0.25) is 4.79 Å². The van der Waals surface area contributed by atoms with E-state index in [0.717, 1.165) is 19.3 Å². The lowest BCUT2D eigenvalue weighted by Gasteiger charge is -2.24. The molecule has 2 heterocycles. The summed E-state index contributed by atoms with van der Waals surface area (Å²) in [6.45, 7) is 0.598. The van der Waals surface area contributed by atoms with E-state index in [0.29, 0.717) is 24.5 Å². The lowest BCUT2D eigenvalue weighted by atomic mass is 9.97. The molecule has 7 nitrogen and oxygen atoms in total. The molecule has 1 aromatic heterocycles. The van der Waals surface area contributed by atoms with Gasteiger partial charge in [0.05, 0.1) is 11.5 Å². The molecule has 1 saturated heterocycles. The summed E-state index contributed by atoms with van der Waals surface area (Å²) in [7, 11) is -1.16. The topological polar surface area (TPSA) is 92.3 Å². The van der Waals surface area contributed by atoms with E-state index in [-0.39, 0.29) is 23.5 Å². The van der Waals surface area contributed by atoms with E-state index < -0.39 is 9.84 Å². The molecule has 0 spiro atoms. The van der Waals surface area contributed by atoms with Crippen LogP contribution in [0.1, 0.15) is 49.0 Å². The molecule has 1 aliphatic heterocycles. The predicted molar refractivity (Wildman–Crippen MR) is 101 cm³/mol. The smallest absolute Gasteiger partial charge is 0.270 e.